The molecule has 1 heterocycles. The predicted octanol–water partition coefficient (Wildman–Crippen LogP) is 9.01. The van der Waals surface area contributed by atoms with Crippen molar-refractivity contribution in [3.8, 4) is 0 Å². The summed E-state index contributed by atoms with van der Waals surface area (Å²) in [6.45, 7) is 24.0. The molecule has 0 fully saturated rings. The van der Waals surface area contributed by atoms with Crippen molar-refractivity contribution < 1.29 is 9.57 Å². The molecule has 0 aromatic carbocycles. The van der Waals surface area contributed by atoms with Crippen molar-refractivity contribution in [1.82, 2.24) is 0 Å². The molecule has 0 spiro atoms. The zero-order valence-corrected chi connectivity index (χ0v) is 21.9. The SMILES string of the molecule is CC.CCCC(C)(CCC(C)C)C1=NOC(C)C(CC)O1.CCCCC(C)CC. The van der Waals surface area contributed by atoms with Gasteiger partial charge in [0.2, 0.25) is 5.90 Å². The van der Waals surface area contributed by atoms with Gasteiger partial charge in [0.15, 0.2) is 6.10 Å². The Balaban J connectivity index is 0. The van der Waals surface area contributed by atoms with Crippen LogP contribution in [0.4, 0.5) is 0 Å². The molecule has 0 radical (unpaired) electrons. The molecule has 0 saturated heterocycles. The van der Waals surface area contributed by atoms with Crippen molar-refractivity contribution in [2.24, 2.45) is 22.4 Å². The van der Waals surface area contributed by atoms with Crippen molar-refractivity contribution >= 4 is 5.90 Å². The first kappa shape index (κ1) is 30.5. The van der Waals surface area contributed by atoms with Crippen LogP contribution in [0, 0.1) is 17.3 Å². The summed E-state index contributed by atoms with van der Waals surface area (Å²) in [6, 6.07) is 0. The Morgan fingerprint density at radius 1 is 0.966 bits per heavy atom. The van der Waals surface area contributed by atoms with Gasteiger partial charge in [-0.1, -0.05) is 106 Å². The van der Waals surface area contributed by atoms with E-state index >= 15 is 0 Å². The smallest absolute Gasteiger partial charge is 0.232 e. The Bertz CT molecular complexity index is 394. The minimum Gasteiger partial charge on any atom is -0.471 e. The average molecular weight is 414 g/mol. The number of ether oxygens (including phenoxy) is 1. The van der Waals surface area contributed by atoms with Gasteiger partial charge in [-0.05, 0) is 44.4 Å². The normalized spacial score (nSPS) is 21.3. The van der Waals surface area contributed by atoms with E-state index in [-0.39, 0.29) is 17.6 Å². The van der Waals surface area contributed by atoms with Crippen LogP contribution in [0.2, 0.25) is 0 Å². The molecule has 4 atom stereocenters. The highest BCUT2D eigenvalue weighted by atomic mass is 16.7. The van der Waals surface area contributed by atoms with Gasteiger partial charge in [-0.25, -0.2) is 0 Å². The molecule has 1 aliphatic rings. The van der Waals surface area contributed by atoms with Crippen LogP contribution in [0.5, 0.6) is 0 Å². The fourth-order valence-electron chi connectivity index (χ4n) is 3.38. The Hall–Kier alpha value is -0.730. The molecule has 1 aliphatic heterocycles. The molecule has 176 valence electrons. The second-order valence-corrected chi connectivity index (χ2v) is 9.17. The minimum absolute atomic E-state index is 0.0204. The fraction of sp³-hybridized carbons (Fsp3) is 0.962. The maximum atomic E-state index is 6.12. The first-order chi connectivity index (χ1) is 13.7. The van der Waals surface area contributed by atoms with Crippen molar-refractivity contribution in [2.75, 3.05) is 0 Å². The largest absolute Gasteiger partial charge is 0.471 e. The van der Waals surface area contributed by atoms with Gasteiger partial charge < -0.3 is 9.57 Å². The van der Waals surface area contributed by atoms with Crippen LogP contribution < -0.4 is 0 Å². The van der Waals surface area contributed by atoms with Gasteiger partial charge in [0.1, 0.15) is 6.10 Å². The number of nitrogens with zero attached hydrogens (tertiary/aromatic N) is 1. The molecule has 0 saturated carbocycles. The zero-order chi connectivity index (χ0) is 22.9. The van der Waals surface area contributed by atoms with E-state index in [2.05, 4.69) is 60.5 Å². The number of hydrogen-bond donors (Lipinski definition) is 0. The second kappa shape index (κ2) is 18.1. The van der Waals surface area contributed by atoms with Gasteiger partial charge in [-0.15, -0.1) is 0 Å². The maximum absolute atomic E-state index is 6.12. The van der Waals surface area contributed by atoms with Crippen molar-refractivity contribution in [3.05, 3.63) is 0 Å². The van der Waals surface area contributed by atoms with Crippen LogP contribution >= 0.6 is 0 Å². The van der Waals surface area contributed by atoms with Gasteiger partial charge in [0.05, 0.1) is 0 Å². The Morgan fingerprint density at radius 2 is 1.59 bits per heavy atom. The van der Waals surface area contributed by atoms with E-state index in [0.29, 0.717) is 5.92 Å². The van der Waals surface area contributed by atoms with Gasteiger partial charge in [0.25, 0.3) is 0 Å². The molecule has 0 aliphatic carbocycles. The third kappa shape index (κ3) is 13.2. The Morgan fingerprint density at radius 3 is 2.03 bits per heavy atom. The van der Waals surface area contributed by atoms with Gasteiger partial charge in [-0.2, -0.15) is 0 Å². The summed E-state index contributed by atoms with van der Waals surface area (Å²) in [5.41, 5.74) is 0.0204. The molecule has 1 rings (SSSR count). The average Bonchev–Trinajstić information content (AvgIpc) is 2.72. The molecule has 0 amide bonds. The summed E-state index contributed by atoms with van der Waals surface area (Å²) in [6.07, 6.45) is 11.3. The summed E-state index contributed by atoms with van der Waals surface area (Å²) in [4.78, 5) is 5.56. The zero-order valence-electron chi connectivity index (χ0n) is 21.9. The van der Waals surface area contributed by atoms with Crippen LogP contribution in [0.3, 0.4) is 0 Å². The molecular formula is C26H55NO2. The number of oxime groups is 1. The summed E-state index contributed by atoms with van der Waals surface area (Å²) in [5.74, 6) is 2.48. The molecule has 0 N–H and O–H groups in total. The van der Waals surface area contributed by atoms with Gasteiger partial charge in [-0.3, -0.25) is 0 Å². The lowest BCUT2D eigenvalue weighted by atomic mass is 9.79. The van der Waals surface area contributed by atoms with Gasteiger partial charge >= 0.3 is 0 Å². The standard InChI is InChI=1S/C16H31NO2.C8H18.C2H6/c1-7-10-16(6,11-9-12(3)4)15-17-19-13(5)14(8-2)18-15;1-4-6-7-8(3)5-2;1-2/h12-14H,7-11H2,1-6H3;8H,4-7H2,1-3H3;1-2H3. The van der Waals surface area contributed by atoms with E-state index in [1.807, 2.05) is 20.8 Å². The monoisotopic (exact) mass is 413 g/mol. The minimum atomic E-state index is 0.0204. The molecule has 0 aromatic heterocycles. The quantitative estimate of drug-likeness (QED) is 0.338. The predicted molar refractivity (Wildman–Crippen MR) is 131 cm³/mol. The summed E-state index contributed by atoms with van der Waals surface area (Å²) < 4.78 is 6.12. The summed E-state index contributed by atoms with van der Waals surface area (Å²) >= 11 is 0. The topological polar surface area (TPSA) is 30.8 Å². The van der Waals surface area contributed by atoms with E-state index in [1.165, 1.54) is 32.1 Å². The number of unbranched alkanes of at least 4 members (excludes halogenated alkanes) is 1. The molecule has 0 aromatic rings. The molecule has 29 heavy (non-hydrogen) atoms. The maximum Gasteiger partial charge on any atom is 0.232 e. The van der Waals surface area contributed by atoms with Crippen LogP contribution in [0.1, 0.15) is 134 Å². The first-order valence-corrected chi connectivity index (χ1v) is 12.6. The molecule has 3 heteroatoms. The highest BCUT2D eigenvalue weighted by Gasteiger charge is 2.37. The van der Waals surface area contributed by atoms with Crippen LogP contribution in [-0.4, -0.2) is 18.1 Å². The van der Waals surface area contributed by atoms with E-state index < -0.39 is 0 Å². The van der Waals surface area contributed by atoms with Crippen molar-refractivity contribution in [1.29, 1.82) is 0 Å². The van der Waals surface area contributed by atoms with Crippen molar-refractivity contribution in [2.45, 2.75) is 146 Å². The first-order valence-electron chi connectivity index (χ1n) is 12.6. The lowest BCUT2D eigenvalue weighted by Crippen LogP contribution is -2.41. The Labute approximate surface area is 184 Å². The molecule has 3 nitrogen and oxygen atoms in total. The van der Waals surface area contributed by atoms with E-state index in [4.69, 9.17) is 9.57 Å². The van der Waals surface area contributed by atoms with Crippen LogP contribution in [0.15, 0.2) is 5.16 Å². The number of rotatable bonds is 11. The molecule has 0 bridgehead atoms. The Kier molecular flexibility index (Phi) is 19.0. The van der Waals surface area contributed by atoms with Crippen LogP contribution in [-0.2, 0) is 9.57 Å². The lowest BCUT2D eigenvalue weighted by molar-refractivity contribution is -0.0619. The third-order valence-electron chi connectivity index (χ3n) is 5.83. The van der Waals surface area contributed by atoms with E-state index in [9.17, 15) is 0 Å². The van der Waals surface area contributed by atoms with Crippen LogP contribution in [0.25, 0.3) is 0 Å². The summed E-state index contributed by atoms with van der Waals surface area (Å²) in [5, 5.41) is 4.27. The van der Waals surface area contributed by atoms with E-state index in [1.54, 1.807) is 0 Å². The highest BCUT2D eigenvalue weighted by molar-refractivity contribution is 5.82. The fourth-order valence-corrected chi connectivity index (χ4v) is 3.38. The molecular weight excluding hydrogens is 358 g/mol. The van der Waals surface area contributed by atoms with Crippen molar-refractivity contribution in [3.63, 3.8) is 0 Å². The highest BCUT2D eigenvalue weighted by Crippen LogP contribution is 2.35. The molecule has 4 unspecified atom stereocenters. The summed E-state index contributed by atoms with van der Waals surface area (Å²) in [7, 11) is 0. The third-order valence-corrected chi connectivity index (χ3v) is 5.83. The number of hydrogen-bond acceptors (Lipinski definition) is 3. The van der Waals surface area contributed by atoms with E-state index in [0.717, 1.165) is 37.5 Å². The lowest BCUT2D eigenvalue weighted by Gasteiger charge is -2.36. The second-order valence-electron chi connectivity index (χ2n) is 9.17. The van der Waals surface area contributed by atoms with Gasteiger partial charge in [0, 0.05) is 5.41 Å².